The Bertz CT molecular complexity index is 575. The lowest BCUT2D eigenvalue weighted by Gasteiger charge is -2.14. The first-order valence-corrected chi connectivity index (χ1v) is 6.22. The largest absolute Gasteiger partial charge is 0.489 e. The van der Waals surface area contributed by atoms with Crippen molar-refractivity contribution in [3.05, 3.63) is 58.6 Å². The highest BCUT2D eigenvalue weighted by molar-refractivity contribution is 6.31. The molecule has 0 fully saturated rings. The Morgan fingerprint density at radius 3 is 2.89 bits per heavy atom. The SMILES string of the molecule is C[C@H](N)c1cc(F)ccc1OCc1ccncc1Cl. The van der Waals surface area contributed by atoms with Crippen LogP contribution in [0, 0.1) is 5.82 Å². The van der Waals surface area contributed by atoms with Crippen molar-refractivity contribution in [2.45, 2.75) is 19.6 Å². The Balaban J connectivity index is 2.18. The van der Waals surface area contributed by atoms with Crippen LogP contribution in [0.25, 0.3) is 0 Å². The van der Waals surface area contributed by atoms with E-state index in [0.717, 1.165) is 5.56 Å². The van der Waals surface area contributed by atoms with Crippen molar-refractivity contribution in [1.29, 1.82) is 0 Å². The lowest BCUT2D eigenvalue weighted by molar-refractivity contribution is 0.301. The summed E-state index contributed by atoms with van der Waals surface area (Å²) >= 11 is 5.99. The minimum Gasteiger partial charge on any atom is -0.489 e. The standard InChI is InChI=1S/C14H14ClFN2O/c1-9(17)12-6-11(16)2-3-14(12)19-8-10-4-5-18-7-13(10)15/h2-7,9H,8,17H2,1H3/t9-/m0/s1. The molecule has 0 aliphatic heterocycles. The van der Waals surface area contributed by atoms with Crippen LogP contribution in [0.4, 0.5) is 4.39 Å². The first kappa shape index (κ1) is 13.8. The van der Waals surface area contributed by atoms with Gasteiger partial charge in [-0.2, -0.15) is 0 Å². The summed E-state index contributed by atoms with van der Waals surface area (Å²) in [4.78, 5) is 3.90. The Morgan fingerprint density at radius 2 is 2.21 bits per heavy atom. The van der Waals surface area contributed by atoms with E-state index >= 15 is 0 Å². The van der Waals surface area contributed by atoms with Crippen molar-refractivity contribution in [1.82, 2.24) is 4.98 Å². The van der Waals surface area contributed by atoms with E-state index in [0.29, 0.717) is 16.3 Å². The lowest BCUT2D eigenvalue weighted by Crippen LogP contribution is -2.08. The molecule has 2 N–H and O–H groups in total. The molecule has 1 aromatic carbocycles. The van der Waals surface area contributed by atoms with Gasteiger partial charge in [0.25, 0.3) is 0 Å². The van der Waals surface area contributed by atoms with E-state index in [1.807, 2.05) is 0 Å². The fourth-order valence-corrected chi connectivity index (χ4v) is 1.86. The predicted molar refractivity (Wildman–Crippen MR) is 72.6 cm³/mol. The van der Waals surface area contributed by atoms with Crippen LogP contribution in [0.15, 0.2) is 36.7 Å². The number of aromatic nitrogens is 1. The summed E-state index contributed by atoms with van der Waals surface area (Å²) in [6.45, 7) is 2.06. The molecular weight excluding hydrogens is 267 g/mol. The average molecular weight is 281 g/mol. The molecule has 0 spiro atoms. The molecule has 1 heterocycles. The van der Waals surface area contributed by atoms with Crippen LogP contribution in [0.2, 0.25) is 5.02 Å². The third kappa shape index (κ3) is 3.43. The second-order valence-corrected chi connectivity index (χ2v) is 4.63. The van der Waals surface area contributed by atoms with E-state index in [-0.39, 0.29) is 18.5 Å². The molecule has 1 aromatic heterocycles. The van der Waals surface area contributed by atoms with Crippen molar-refractivity contribution >= 4 is 11.6 Å². The Labute approximate surface area is 116 Å². The smallest absolute Gasteiger partial charge is 0.124 e. The Kier molecular flexibility index (Phi) is 4.35. The zero-order chi connectivity index (χ0) is 13.8. The number of halogens is 2. The fourth-order valence-electron chi connectivity index (χ4n) is 1.68. The summed E-state index contributed by atoms with van der Waals surface area (Å²) in [5.41, 5.74) is 7.25. The number of benzene rings is 1. The van der Waals surface area contributed by atoms with Gasteiger partial charge < -0.3 is 10.5 Å². The van der Waals surface area contributed by atoms with Gasteiger partial charge in [0, 0.05) is 29.6 Å². The maximum Gasteiger partial charge on any atom is 0.124 e. The third-order valence-corrected chi connectivity index (χ3v) is 3.04. The molecule has 5 heteroatoms. The Hall–Kier alpha value is -1.65. The zero-order valence-corrected chi connectivity index (χ0v) is 11.2. The number of nitrogens with two attached hydrogens (primary N) is 1. The maximum absolute atomic E-state index is 13.2. The van der Waals surface area contributed by atoms with Gasteiger partial charge in [-0.1, -0.05) is 11.6 Å². The number of ether oxygens (including phenoxy) is 1. The second kappa shape index (κ2) is 5.99. The highest BCUT2D eigenvalue weighted by atomic mass is 35.5. The first-order valence-electron chi connectivity index (χ1n) is 5.84. The molecule has 0 saturated carbocycles. The average Bonchev–Trinajstić information content (AvgIpc) is 2.38. The van der Waals surface area contributed by atoms with E-state index in [9.17, 15) is 4.39 Å². The molecular formula is C14H14ClFN2O. The van der Waals surface area contributed by atoms with Crippen LogP contribution in [-0.4, -0.2) is 4.98 Å². The van der Waals surface area contributed by atoms with Crippen LogP contribution in [0.5, 0.6) is 5.75 Å². The maximum atomic E-state index is 13.2. The molecule has 0 radical (unpaired) electrons. The molecule has 3 nitrogen and oxygen atoms in total. The molecule has 0 saturated heterocycles. The van der Waals surface area contributed by atoms with Gasteiger partial charge in [0.2, 0.25) is 0 Å². The zero-order valence-electron chi connectivity index (χ0n) is 10.4. The number of nitrogens with zero attached hydrogens (tertiary/aromatic N) is 1. The summed E-state index contributed by atoms with van der Waals surface area (Å²) in [6, 6.07) is 5.77. The van der Waals surface area contributed by atoms with Gasteiger partial charge in [0.1, 0.15) is 18.2 Å². The van der Waals surface area contributed by atoms with Crippen LogP contribution < -0.4 is 10.5 Å². The molecule has 0 unspecified atom stereocenters. The fraction of sp³-hybridized carbons (Fsp3) is 0.214. The van der Waals surface area contributed by atoms with Crippen molar-refractivity contribution in [3.63, 3.8) is 0 Å². The monoisotopic (exact) mass is 280 g/mol. The highest BCUT2D eigenvalue weighted by Gasteiger charge is 2.10. The van der Waals surface area contributed by atoms with Gasteiger partial charge >= 0.3 is 0 Å². The van der Waals surface area contributed by atoms with Gasteiger partial charge in [-0.3, -0.25) is 4.98 Å². The van der Waals surface area contributed by atoms with Gasteiger partial charge in [-0.15, -0.1) is 0 Å². The molecule has 2 rings (SSSR count). The van der Waals surface area contributed by atoms with Crippen LogP contribution in [-0.2, 0) is 6.61 Å². The van der Waals surface area contributed by atoms with Crippen molar-refractivity contribution < 1.29 is 9.13 Å². The summed E-state index contributed by atoms with van der Waals surface area (Å²) in [5.74, 6) is 0.228. The van der Waals surface area contributed by atoms with Gasteiger partial charge in [-0.05, 0) is 31.2 Å². The molecule has 100 valence electrons. The van der Waals surface area contributed by atoms with E-state index in [1.54, 1.807) is 31.5 Å². The topological polar surface area (TPSA) is 48.1 Å². The number of hydrogen-bond acceptors (Lipinski definition) is 3. The number of rotatable bonds is 4. The van der Waals surface area contributed by atoms with E-state index in [4.69, 9.17) is 22.1 Å². The van der Waals surface area contributed by atoms with Crippen molar-refractivity contribution in [2.75, 3.05) is 0 Å². The molecule has 0 aliphatic rings. The number of pyridine rings is 1. The van der Waals surface area contributed by atoms with E-state index in [1.165, 1.54) is 12.1 Å². The summed E-state index contributed by atoms with van der Waals surface area (Å²) in [6.07, 6.45) is 3.19. The summed E-state index contributed by atoms with van der Waals surface area (Å²) < 4.78 is 18.9. The minimum atomic E-state index is -0.332. The minimum absolute atomic E-state index is 0.284. The molecule has 0 amide bonds. The Morgan fingerprint density at radius 1 is 1.42 bits per heavy atom. The van der Waals surface area contributed by atoms with E-state index in [2.05, 4.69) is 4.98 Å². The first-order chi connectivity index (χ1) is 9.08. The van der Waals surface area contributed by atoms with Gasteiger partial charge in [0.05, 0.1) is 5.02 Å². The lowest BCUT2D eigenvalue weighted by atomic mass is 10.1. The van der Waals surface area contributed by atoms with E-state index < -0.39 is 0 Å². The van der Waals surface area contributed by atoms with Crippen molar-refractivity contribution in [3.8, 4) is 5.75 Å². The van der Waals surface area contributed by atoms with Crippen LogP contribution in [0.1, 0.15) is 24.1 Å². The predicted octanol–water partition coefficient (Wildman–Crippen LogP) is 3.47. The summed E-state index contributed by atoms with van der Waals surface area (Å²) in [7, 11) is 0. The number of hydrogen-bond donors (Lipinski definition) is 1. The molecule has 0 bridgehead atoms. The highest BCUT2D eigenvalue weighted by Crippen LogP contribution is 2.26. The molecule has 19 heavy (non-hydrogen) atoms. The van der Waals surface area contributed by atoms with Crippen LogP contribution >= 0.6 is 11.6 Å². The molecule has 0 aliphatic carbocycles. The normalized spacial score (nSPS) is 12.2. The molecule has 2 aromatic rings. The second-order valence-electron chi connectivity index (χ2n) is 4.23. The molecule has 1 atom stereocenters. The summed E-state index contributed by atoms with van der Waals surface area (Å²) in [5, 5.41) is 0.534. The van der Waals surface area contributed by atoms with Crippen molar-refractivity contribution in [2.24, 2.45) is 5.73 Å². The van der Waals surface area contributed by atoms with Gasteiger partial charge in [-0.25, -0.2) is 4.39 Å². The van der Waals surface area contributed by atoms with Gasteiger partial charge in [0.15, 0.2) is 0 Å². The third-order valence-electron chi connectivity index (χ3n) is 2.70. The quantitative estimate of drug-likeness (QED) is 0.933. The van der Waals surface area contributed by atoms with Crippen LogP contribution in [0.3, 0.4) is 0 Å².